The fraction of sp³-hybridized carbons (Fsp3) is 0.417. The van der Waals surface area contributed by atoms with Gasteiger partial charge < -0.3 is 15.5 Å². The van der Waals surface area contributed by atoms with Crippen molar-refractivity contribution in [1.82, 2.24) is 5.32 Å². The molecule has 0 saturated carbocycles. The molecule has 1 radical (unpaired) electrons. The summed E-state index contributed by atoms with van der Waals surface area (Å²) in [7, 11) is 0. The van der Waals surface area contributed by atoms with Gasteiger partial charge in [0.05, 0.1) is 11.4 Å². The Labute approximate surface area is 105 Å². The van der Waals surface area contributed by atoms with Crippen molar-refractivity contribution in [3.8, 4) is 0 Å². The van der Waals surface area contributed by atoms with E-state index in [9.17, 15) is 4.39 Å². The third kappa shape index (κ3) is 1.96. The highest BCUT2D eigenvalue weighted by Gasteiger charge is 2.29. The van der Waals surface area contributed by atoms with Crippen LogP contribution in [-0.2, 0) is 0 Å². The van der Waals surface area contributed by atoms with Crippen molar-refractivity contribution < 1.29 is 4.39 Å². The summed E-state index contributed by atoms with van der Waals surface area (Å²) >= 11 is 5.91. The number of anilines is 2. The number of rotatable bonds is 1. The van der Waals surface area contributed by atoms with Gasteiger partial charge in [-0.25, -0.2) is 4.39 Å². The van der Waals surface area contributed by atoms with Crippen LogP contribution in [-0.4, -0.2) is 19.1 Å². The first kappa shape index (κ1) is 11.1. The van der Waals surface area contributed by atoms with E-state index in [1.807, 2.05) is 12.7 Å². The van der Waals surface area contributed by atoms with Crippen LogP contribution in [0.2, 0.25) is 5.02 Å². The van der Waals surface area contributed by atoms with Gasteiger partial charge in [-0.15, -0.1) is 0 Å². The average molecular weight is 255 g/mol. The van der Waals surface area contributed by atoms with E-state index >= 15 is 0 Å². The number of benzene rings is 1. The normalized spacial score (nSPS) is 20.2. The fourth-order valence-electron chi connectivity index (χ4n) is 2.50. The number of nitrogens with zero attached hydrogens (tertiary/aromatic N) is 1. The van der Waals surface area contributed by atoms with Gasteiger partial charge in [-0.1, -0.05) is 11.6 Å². The van der Waals surface area contributed by atoms with Crippen LogP contribution in [0.5, 0.6) is 0 Å². The van der Waals surface area contributed by atoms with E-state index in [1.54, 1.807) is 0 Å². The molecule has 0 unspecified atom stereocenters. The summed E-state index contributed by atoms with van der Waals surface area (Å²) in [6.07, 6.45) is 2.12. The molecular weight excluding hydrogens is 241 g/mol. The molecule has 2 heterocycles. The molecular formula is C12H14ClFN3. The van der Waals surface area contributed by atoms with Crippen molar-refractivity contribution in [2.24, 2.45) is 0 Å². The number of piperidine rings is 1. The SMILES string of the molecule is Fc1cc(Cl)cc2c1N[CH]N2C1CCNCC1. The number of nitrogens with one attached hydrogen (secondary N) is 2. The van der Waals surface area contributed by atoms with Gasteiger partial charge in [-0.05, 0) is 38.1 Å². The predicted molar refractivity (Wildman–Crippen MR) is 67.7 cm³/mol. The summed E-state index contributed by atoms with van der Waals surface area (Å²) < 4.78 is 13.7. The molecule has 0 aliphatic carbocycles. The average Bonchev–Trinajstić information content (AvgIpc) is 2.74. The van der Waals surface area contributed by atoms with Gasteiger partial charge in [-0.2, -0.15) is 0 Å². The Morgan fingerprint density at radius 1 is 1.29 bits per heavy atom. The molecule has 0 aromatic heterocycles. The lowest BCUT2D eigenvalue weighted by Crippen LogP contribution is -2.41. The largest absolute Gasteiger partial charge is 0.358 e. The van der Waals surface area contributed by atoms with Crippen LogP contribution in [0.3, 0.4) is 0 Å². The second kappa shape index (κ2) is 4.35. The molecule has 1 aromatic rings. The van der Waals surface area contributed by atoms with Gasteiger partial charge in [-0.3, -0.25) is 0 Å². The smallest absolute Gasteiger partial charge is 0.149 e. The third-order valence-corrected chi connectivity index (χ3v) is 3.58. The number of hydrogen-bond donors (Lipinski definition) is 2. The number of fused-ring (bicyclic) bond motifs is 1. The molecule has 2 N–H and O–H groups in total. The van der Waals surface area contributed by atoms with E-state index in [4.69, 9.17) is 11.6 Å². The zero-order valence-corrected chi connectivity index (χ0v) is 10.1. The highest BCUT2D eigenvalue weighted by Crippen LogP contribution is 2.40. The van der Waals surface area contributed by atoms with Crippen molar-refractivity contribution >= 4 is 23.0 Å². The molecule has 1 fully saturated rings. The van der Waals surface area contributed by atoms with Crippen LogP contribution in [0.4, 0.5) is 15.8 Å². The van der Waals surface area contributed by atoms with Crippen LogP contribution in [0.1, 0.15) is 12.8 Å². The Morgan fingerprint density at radius 3 is 2.82 bits per heavy atom. The van der Waals surface area contributed by atoms with Crippen molar-refractivity contribution in [2.45, 2.75) is 18.9 Å². The minimum absolute atomic E-state index is 0.291. The molecule has 3 rings (SSSR count). The Hall–Kier alpha value is -1.00. The monoisotopic (exact) mass is 254 g/mol. The summed E-state index contributed by atoms with van der Waals surface area (Å²) in [5, 5.41) is 6.76. The second-order valence-corrected chi connectivity index (χ2v) is 4.88. The number of hydrogen-bond acceptors (Lipinski definition) is 3. The lowest BCUT2D eigenvalue weighted by atomic mass is 10.0. The van der Waals surface area contributed by atoms with Gasteiger partial charge in [0.2, 0.25) is 0 Å². The Morgan fingerprint density at radius 2 is 2.06 bits per heavy atom. The van der Waals surface area contributed by atoms with Crippen LogP contribution < -0.4 is 15.5 Å². The van der Waals surface area contributed by atoms with E-state index in [0.29, 0.717) is 16.8 Å². The lowest BCUT2D eigenvalue weighted by molar-refractivity contribution is 0.446. The van der Waals surface area contributed by atoms with E-state index < -0.39 is 0 Å². The minimum atomic E-state index is -0.291. The van der Waals surface area contributed by atoms with Crippen molar-refractivity contribution in [1.29, 1.82) is 0 Å². The van der Waals surface area contributed by atoms with Gasteiger partial charge in [0.1, 0.15) is 12.5 Å². The number of halogens is 2. The van der Waals surface area contributed by atoms with Crippen molar-refractivity contribution in [3.63, 3.8) is 0 Å². The summed E-state index contributed by atoms with van der Waals surface area (Å²) in [4.78, 5) is 2.10. The van der Waals surface area contributed by atoms with Crippen molar-refractivity contribution in [3.05, 3.63) is 29.6 Å². The molecule has 2 aliphatic heterocycles. The standard InChI is InChI=1S/C12H14ClFN3/c13-8-5-10(14)12-11(6-8)17(7-16-12)9-1-3-15-4-2-9/h5-7,9,15-16H,1-4H2. The molecule has 0 spiro atoms. The first-order chi connectivity index (χ1) is 8.25. The van der Waals surface area contributed by atoms with Crippen LogP contribution in [0.15, 0.2) is 12.1 Å². The van der Waals surface area contributed by atoms with E-state index in [1.165, 1.54) is 6.07 Å². The summed E-state index contributed by atoms with van der Waals surface area (Å²) in [5.41, 5.74) is 1.38. The maximum Gasteiger partial charge on any atom is 0.149 e. The highest BCUT2D eigenvalue weighted by atomic mass is 35.5. The lowest BCUT2D eigenvalue weighted by Gasteiger charge is -2.32. The maximum atomic E-state index is 13.7. The molecule has 0 amide bonds. The van der Waals surface area contributed by atoms with E-state index in [2.05, 4.69) is 15.5 Å². The quantitative estimate of drug-likeness (QED) is 0.807. The molecule has 1 aromatic carbocycles. The van der Waals surface area contributed by atoms with Crippen LogP contribution in [0, 0.1) is 12.5 Å². The summed E-state index contributed by atoms with van der Waals surface area (Å²) in [5.74, 6) is -0.291. The maximum absolute atomic E-state index is 13.7. The predicted octanol–water partition coefficient (Wildman–Crippen LogP) is 2.58. The molecule has 5 heteroatoms. The van der Waals surface area contributed by atoms with Gasteiger partial charge >= 0.3 is 0 Å². The molecule has 1 saturated heterocycles. The van der Waals surface area contributed by atoms with E-state index in [-0.39, 0.29) is 5.82 Å². The topological polar surface area (TPSA) is 27.3 Å². The Kier molecular flexibility index (Phi) is 2.84. The second-order valence-electron chi connectivity index (χ2n) is 4.44. The zero-order chi connectivity index (χ0) is 11.8. The van der Waals surface area contributed by atoms with Crippen molar-refractivity contribution in [2.75, 3.05) is 23.3 Å². The molecule has 91 valence electrons. The first-order valence-electron chi connectivity index (χ1n) is 5.83. The molecule has 2 aliphatic rings. The molecule has 3 nitrogen and oxygen atoms in total. The van der Waals surface area contributed by atoms with Gasteiger partial charge in [0, 0.05) is 11.1 Å². The highest BCUT2D eigenvalue weighted by molar-refractivity contribution is 6.31. The fourth-order valence-corrected chi connectivity index (χ4v) is 2.70. The Bertz CT molecular complexity index is 432. The third-order valence-electron chi connectivity index (χ3n) is 3.36. The molecule has 17 heavy (non-hydrogen) atoms. The first-order valence-corrected chi connectivity index (χ1v) is 6.21. The Balaban J connectivity index is 1.92. The van der Waals surface area contributed by atoms with Crippen LogP contribution >= 0.6 is 11.6 Å². The molecule has 0 atom stereocenters. The summed E-state index contributed by atoms with van der Waals surface area (Å²) in [6.45, 7) is 3.86. The minimum Gasteiger partial charge on any atom is -0.358 e. The summed E-state index contributed by atoms with van der Waals surface area (Å²) in [6, 6.07) is 3.58. The molecule has 0 bridgehead atoms. The van der Waals surface area contributed by atoms with Gasteiger partial charge in [0.15, 0.2) is 0 Å². The van der Waals surface area contributed by atoms with Gasteiger partial charge in [0.25, 0.3) is 0 Å². The van der Waals surface area contributed by atoms with E-state index in [0.717, 1.165) is 31.6 Å². The zero-order valence-electron chi connectivity index (χ0n) is 9.34. The van der Waals surface area contributed by atoms with Crippen LogP contribution in [0.25, 0.3) is 0 Å².